The summed E-state index contributed by atoms with van der Waals surface area (Å²) < 4.78 is 38.1. The quantitative estimate of drug-likeness (QED) is 0.545. The van der Waals surface area contributed by atoms with Crippen LogP contribution in [0.2, 0.25) is 0 Å². The first kappa shape index (κ1) is 16.7. The highest BCUT2D eigenvalue weighted by Crippen LogP contribution is 2.36. The number of carbonyl (C=O) groups is 1. The number of thioether (sulfide) groups is 1. The van der Waals surface area contributed by atoms with Gasteiger partial charge in [0.05, 0.1) is 16.2 Å². The zero-order valence-corrected chi connectivity index (χ0v) is 13.7. The zero-order valence-electron chi connectivity index (χ0n) is 12.1. The van der Waals surface area contributed by atoms with Crippen LogP contribution in [0.25, 0.3) is 6.08 Å². The fourth-order valence-corrected chi connectivity index (χ4v) is 3.49. The van der Waals surface area contributed by atoms with Crippen LogP contribution >= 0.6 is 24.0 Å². The number of carbonyl (C=O) groups excluding carboxylic acids is 1. The lowest BCUT2D eigenvalue weighted by Gasteiger charge is -2.13. The summed E-state index contributed by atoms with van der Waals surface area (Å²) >= 11 is 6.37. The minimum Gasteiger partial charge on any atom is -0.268 e. The van der Waals surface area contributed by atoms with Crippen LogP contribution in [0, 0.1) is 0 Å². The van der Waals surface area contributed by atoms with Crippen LogP contribution in [0.3, 0.4) is 0 Å². The number of nitrogens with zero attached hydrogens (tertiary/aromatic N) is 1. The standard InChI is InChI=1S/C17H10F3NOS2/c18-17(19,20)12-8-6-11(7-9-12)10-14-15(22)21(16(23)24-14)13-4-2-1-3-5-13/h1-10H/b14-10+. The predicted molar refractivity (Wildman–Crippen MR) is 93.5 cm³/mol. The molecule has 0 saturated carbocycles. The highest BCUT2D eigenvalue weighted by molar-refractivity contribution is 8.27. The average molecular weight is 365 g/mol. The van der Waals surface area contributed by atoms with Crippen LogP contribution < -0.4 is 4.90 Å². The van der Waals surface area contributed by atoms with Crippen LogP contribution in [-0.2, 0) is 11.0 Å². The maximum absolute atomic E-state index is 12.6. The van der Waals surface area contributed by atoms with Crippen LogP contribution in [0.1, 0.15) is 11.1 Å². The van der Waals surface area contributed by atoms with Gasteiger partial charge < -0.3 is 0 Å². The summed E-state index contributed by atoms with van der Waals surface area (Å²) in [4.78, 5) is 14.3. The van der Waals surface area contributed by atoms with Gasteiger partial charge in [0, 0.05) is 0 Å². The topological polar surface area (TPSA) is 20.3 Å². The van der Waals surface area contributed by atoms with Gasteiger partial charge in [0.15, 0.2) is 4.32 Å². The number of para-hydroxylation sites is 1. The van der Waals surface area contributed by atoms with Gasteiger partial charge in [-0.25, -0.2) is 0 Å². The van der Waals surface area contributed by atoms with Crippen molar-refractivity contribution in [2.24, 2.45) is 0 Å². The first-order valence-corrected chi connectivity index (χ1v) is 8.09. The van der Waals surface area contributed by atoms with E-state index in [-0.39, 0.29) is 5.91 Å². The van der Waals surface area contributed by atoms with Crippen molar-refractivity contribution < 1.29 is 18.0 Å². The lowest BCUT2D eigenvalue weighted by Crippen LogP contribution is -2.27. The Morgan fingerprint density at radius 2 is 1.62 bits per heavy atom. The van der Waals surface area contributed by atoms with Gasteiger partial charge in [-0.1, -0.05) is 54.3 Å². The molecule has 2 aromatic carbocycles. The predicted octanol–water partition coefficient (Wildman–Crippen LogP) is 5.11. The Hall–Kier alpha value is -2.12. The summed E-state index contributed by atoms with van der Waals surface area (Å²) in [5, 5.41) is 0. The molecule has 1 amide bonds. The van der Waals surface area contributed by atoms with E-state index in [1.165, 1.54) is 17.0 Å². The van der Waals surface area contributed by atoms with Gasteiger partial charge in [0.25, 0.3) is 5.91 Å². The van der Waals surface area contributed by atoms with E-state index in [9.17, 15) is 18.0 Å². The molecule has 122 valence electrons. The monoisotopic (exact) mass is 365 g/mol. The summed E-state index contributed by atoms with van der Waals surface area (Å²) in [5.74, 6) is -0.281. The summed E-state index contributed by atoms with van der Waals surface area (Å²) in [6.07, 6.45) is -2.84. The van der Waals surface area contributed by atoms with E-state index in [4.69, 9.17) is 12.2 Å². The number of hydrogen-bond donors (Lipinski definition) is 0. The molecule has 2 aromatic rings. The van der Waals surface area contributed by atoms with Crippen molar-refractivity contribution in [3.05, 3.63) is 70.6 Å². The van der Waals surface area contributed by atoms with Crippen LogP contribution in [-0.4, -0.2) is 10.2 Å². The van der Waals surface area contributed by atoms with Crippen molar-refractivity contribution in [3.8, 4) is 0 Å². The Morgan fingerprint density at radius 1 is 1.00 bits per heavy atom. The summed E-state index contributed by atoms with van der Waals surface area (Å²) in [6.45, 7) is 0. The molecular weight excluding hydrogens is 355 g/mol. The van der Waals surface area contributed by atoms with E-state index < -0.39 is 11.7 Å². The first-order valence-electron chi connectivity index (χ1n) is 6.86. The second-order valence-electron chi connectivity index (χ2n) is 4.97. The maximum Gasteiger partial charge on any atom is 0.416 e. The number of amides is 1. The third-order valence-electron chi connectivity index (χ3n) is 3.34. The third kappa shape index (κ3) is 3.37. The molecule has 0 aromatic heterocycles. The van der Waals surface area contributed by atoms with Crippen molar-refractivity contribution >= 4 is 46.0 Å². The normalized spacial score (nSPS) is 17.0. The van der Waals surface area contributed by atoms with E-state index in [2.05, 4.69) is 0 Å². The first-order chi connectivity index (χ1) is 11.4. The summed E-state index contributed by atoms with van der Waals surface area (Å²) in [7, 11) is 0. The van der Waals surface area contributed by atoms with Gasteiger partial charge in [-0.3, -0.25) is 9.69 Å². The SMILES string of the molecule is O=C1/C(=C\c2ccc(C(F)(F)F)cc2)SC(=S)N1c1ccccc1. The molecule has 0 unspecified atom stereocenters. The number of rotatable bonds is 2. The lowest BCUT2D eigenvalue weighted by atomic mass is 10.1. The molecule has 1 heterocycles. The van der Waals surface area contributed by atoms with Gasteiger partial charge in [0.2, 0.25) is 0 Å². The number of anilines is 1. The average Bonchev–Trinajstić information content (AvgIpc) is 2.82. The van der Waals surface area contributed by atoms with Gasteiger partial charge in [-0.15, -0.1) is 0 Å². The molecule has 1 saturated heterocycles. The Kier molecular flexibility index (Phi) is 4.47. The van der Waals surface area contributed by atoms with Crippen LogP contribution in [0.5, 0.6) is 0 Å². The molecule has 0 radical (unpaired) electrons. The maximum atomic E-state index is 12.6. The number of hydrogen-bond acceptors (Lipinski definition) is 3. The molecule has 24 heavy (non-hydrogen) atoms. The van der Waals surface area contributed by atoms with Crippen molar-refractivity contribution in [1.82, 2.24) is 0 Å². The van der Waals surface area contributed by atoms with Crippen molar-refractivity contribution in [3.63, 3.8) is 0 Å². The minimum atomic E-state index is -4.38. The van der Waals surface area contributed by atoms with E-state index in [0.29, 0.717) is 20.5 Å². The number of halogens is 3. The van der Waals surface area contributed by atoms with Gasteiger partial charge in [0.1, 0.15) is 0 Å². The molecule has 2 nitrogen and oxygen atoms in total. The minimum absolute atomic E-state index is 0.281. The molecule has 1 aliphatic rings. The zero-order chi connectivity index (χ0) is 17.3. The molecule has 0 N–H and O–H groups in total. The molecule has 0 bridgehead atoms. The number of benzene rings is 2. The van der Waals surface area contributed by atoms with Gasteiger partial charge >= 0.3 is 6.18 Å². The van der Waals surface area contributed by atoms with Crippen LogP contribution in [0.15, 0.2) is 59.5 Å². The van der Waals surface area contributed by atoms with E-state index in [1.807, 2.05) is 6.07 Å². The lowest BCUT2D eigenvalue weighted by molar-refractivity contribution is -0.137. The van der Waals surface area contributed by atoms with Crippen molar-refractivity contribution in [2.45, 2.75) is 6.18 Å². The number of alkyl halides is 3. The largest absolute Gasteiger partial charge is 0.416 e. The Labute approximate surface area is 146 Å². The van der Waals surface area contributed by atoms with Crippen molar-refractivity contribution in [2.75, 3.05) is 4.90 Å². The van der Waals surface area contributed by atoms with Gasteiger partial charge in [-0.05, 0) is 35.9 Å². The second-order valence-corrected chi connectivity index (χ2v) is 6.65. The summed E-state index contributed by atoms with van der Waals surface area (Å²) in [5.41, 5.74) is 0.448. The van der Waals surface area contributed by atoms with E-state index in [1.54, 1.807) is 30.3 Å². The van der Waals surface area contributed by atoms with Crippen LogP contribution in [0.4, 0.5) is 18.9 Å². The fourth-order valence-electron chi connectivity index (χ4n) is 2.19. The third-order valence-corrected chi connectivity index (χ3v) is 4.65. The van der Waals surface area contributed by atoms with Gasteiger partial charge in [-0.2, -0.15) is 13.2 Å². The number of thiocarbonyl (C=S) groups is 1. The molecule has 0 atom stereocenters. The molecule has 0 aliphatic carbocycles. The molecule has 0 spiro atoms. The molecule has 3 rings (SSSR count). The molecule has 1 aliphatic heterocycles. The highest BCUT2D eigenvalue weighted by Gasteiger charge is 2.33. The van der Waals surface area contributed by atoms with E-state index in [0.717, 1.165) is 23.9 Å². The Balaban J connectivity index is 1.87. The molecule has 1 fully saturated rings. The van der Waals surface area contributed by atoms with Crippen molar-refractivity contribution in [1.29, 1.82) is 0 Å². The molecule has 7 heteroatoms. The fraction of sp³-hybridized carbons (Fsp3) is 0.0588. The second kappa shape index (κ2) is 6.41. The molecular formula is C17H10F3NOS2. The smallest absolute Gasteiger partial charge is 0.268 e. The Bertz CT molecular complexity index is 814. The summed E-state index contributed by atoms with van der Waals surface area (Å²) in [6, 6.07) is 13.6. The van der Waals surface area contributed by atoms with E-state index >= 15 is 0 Å². The Morgan fingerprint density at radius 3 is 2.21 bits per heavy atom. The highest BCUT2D eigenvalue weighted by atomic mass is 32.2.